The van der Waals surface area contributed by atoms with Gasteiger partial charge in [0, 0.05) is 48.9 Å². The predicted molar refractivity (Wildman–Crippen MR) is 102 cm³/mol. The Kier molecular flexibility index (Phi) is 3.33. The van der Waals surface area contributed by atoms with Crippen LogP contribution in [0.2, 0.25) is 0 Å². The molecule has 0 spiro atoms. The largest absolute Gasteiger partial charge is 0.356 e. The second-order valence-corrected chi connectivity index (χ2v) is 8.28. The molecule has 3 fully saturated rings. The van der Waals surface area contributed by atoms with E-state index in [1.165, 1.54) is 0 Å². The molecular formula is C20H22N6O2. The van der Waals surface area contributed by atoms with Crippen LogP contribution in [0.4, 0.5) is 5.82 Å². The van der Waals surface area contributed by atoms with Gasteiger partial charge in [0.05, 0.1) is 5.69 Å². The highest BCUT2D eigenvalue weighted by Crippen LogP contribution is 2.39. The molecule has 0 radical (unpaired) electrons. The molecule has 2 aliphatic heterocycles. The summed E-state index contributed by atoms with van der Waals surface area (Å²) in [5.74, 6) is 2.33. The van der Waals surface area contributed by atoms with E-state index in [0.29, 0.717) is 23.9 Å². The molecule has 6 rings (SSSR count). The molecule has 2 atom stereocenters. The summed E-state index contributed by atoms with van der Waals surface area (Å²) >= 11 is 0. The molecule has 2 unspecified atom stereocenters. The van der Waals surface area contributed by atoms with Crippen molar-refractivity contribution < 1.29 is 9.32 Å². The molecule has 0 aromatic carbocycles. The molecule has 0 N–H and O–H groups in total. The highest BCUT2D eigenvalue weighted by molar-refractivity contribution is 5.83. The first-order valence-corrected chi connectivity index (χ1v) is 10.0. The van der Waals surface area contributed by atoms with Gasteiger partial charge in [0.15, 0.2) is 11.6 Å². The van der Waals surface area contributed by atoms with Crippen molar-refractivity contribution in [1.29, 1.82) is 0 Å². The Morgan fingerprint density at radius 1 is 1.14 bits per heavy atom. The molecule has 1 aliphatic carbocycles. The van der Waals surface area contributed by atoms with Gasteiger partial charge in [-0.05, 0) is 38.7 Å². The molecule has 3 aliphatic rings. The lowest BCUT2D eigenvalue weighted by molar-refractivity contribution is -0.135. The van der Waals surface area contributed by atoms with Crippen LogP contribution in [0.3, 0.4) is 0 Å². The van der Waals surface area contributed by atoms with Gasteiger partial charge in [-0.1, -0.05) is 5.16 Å². The van der Waals surface area contributed by atoms with Crippen LogP contribution < -0.4 is 4.90 Å². The minimum absolute atomic E-state index is 0.291. The topological polar surface area (TPSA) is 79.8 Å². The van der Waals surface area contributed by atoms with Crippen molar-refractivity contribution in [1.82, 2.24) is 24.7 Å². The molecule has 2 bridgehead atoms. The van der Waals surface area contributed by atoms with Gasteiger partial charge in [0.2, 0.25) is 5.91 Å². The summed E-state index contributed by atoms with van der Waals surface area (Å²) in [6.45, 7) is 3.58. The summed E-state index contributed by atoms with van der Waals surface area (Å²) < 4.78 is 7.26. The van der Waals surface area contributed by atoms with E-state index in [-0.39, 0.29) is 0 Å². The van der Waals surface area contributed by atoms with E-state index in [2.05, 4.69) is 31.1 Å². The van der Waals surface area contributed by atoms with Gasteiger partial charge >= 0.3 is 0 Å². The first kappa shape index (κ1) is 16.1. The number of aromatic nitrogens is 4. The molecular weight excluding hydrogens is 356 g/mol. The molecule has 2 saturated heterocycles. The summed E-state index contributed by atoms with van der Waals surface area (Å²) in [5.41, 5.74) is 2.74. The third-order valence-electron chi connectivity index (χ3n) is 6.26. The zero-order valence-electron chi connectivity index (χ0n) is 15.8. The van der Waals surface area contributed by atoms with Gasteiger partial charge in [-0.25, -0.2) is 9.50 Å². The van der Waals surface area contributed by atoms with Crippen LogP contribution in [0.15, 0.2) is 29.2 Å². The molecule has 28 heavy (non-hydrogen) atoms. The number of carbonyl (C=O) groups excluding carboxylic acids is 1. The summed E-state index contributed by atoms with van der Waals surface area (Å²) in [5, 5.41) is 8.35. The lowest BCUT2D eigenvalue weighted by atomic mass is 10.1. The molecule has 1 saturated carbocycles. The summed E-state index contributed by atoms with van der Waals surface area (Å²) in [7, 11) is 0. The molecule has 5 heterocycles. The maximum absolute atomic E-state index is 12.7. The number of anilines is 1. The number of fused-ring (bicyclic) bond motifs is 3. The lowest BCUT2D eigenvalue weighted by Crippen LogP contribution is -2.56. The molecule has 8 heteroatoms. The number of rotatable bonds is 3. The van der Waals surface area contributed by atoms with E-state index in [1.54, 1.807) is 6.33 Å². The van der Waals surface area contributed by atoms with Crippen LogP contribution in [0, 0.1) is 12.8 Å². The Morgan fingerprint density at radius 2 is 1.93 bits per heavy atom. The standard InChI is InChI=1S/C20H22N6O2/c1-12-6-18(28-23-12)14-7-17-19(21-11-22-25(17)8-14)24-9-15-4-5-16(10-24)26(15)20(27)13-2-3-13/h6-8,11,13,15-16H,2-5,9-10H2,1H3. The number of hydrogen-bond donors (Lipinski definition) is 0. The zero-order valence-corrected chi connectivity index (χ0v) is 15.8. The number of carbonyl (C=O) groups is 1. The van der Waals surface area contributed by atoms with Crippen molar-refractivity contribution in [2.75, 3.05) is 18.0 Å². The Hall–Kier alpha value is -2.90. The minimum Gasteiger partial charge on any atom is -0.356 e. The van der Waals surface area contributed by atoms with Gasteiger partial charge < -0.3 is 14.3 Å². The SMILES string of the molecule is Cc1cc(-c2cc3c(N4CC5CCC(C4)N5C(=O)C4CC4)ncnn3c2)on1. The maximum Gasteiger partial charge on any atom is 0.226 e. The van der Waals surface area contributed by atoms with Gasteiger partial charge in [0.1, 0.15) is 11.8 Å². The lowest BCUT2D eigenvalue weighted by Gasteiger charge is -2.41. The highest BCUT2D eigenvalue weighted by Gasteiger charge is 2.46. The van der Waals surface area contributed by atoms with Crippen molar-refractivity contribution in [3.8, 4) is 11.3 Å². The van der Waals surface area contributed by atoms with Crippen molar-refractivity contribution in [3.63, 3.8) is 0 Å². The second kappa shape index (κ2) is 5.80. The number of aryl methyl sites for hydroxylation is 1. The van der Waals surface area contributed by atoms with E-state index >= 15 is 0 Å². The number of nitrogens with zero attached hydrogens (tertiary/aromatic N) is 6. The number of hydrogen-bond acceptors (Lipinski definition) is 6. The zero-order chi connectivity index (χ0) is 18.8. The van der Waals surface area contributed by atoms with E-state index in [0.717, 1.165) is 67.1 Å². The molecule has 144 valence electrons. The fourth-order valence-corrected chi connectivity index (χ4v) is 4.77. The summed E-state index contributed by atoms with van der Waals surface area (Å²) in [6.07, 6.45) is 7.86. The smallest absolute Gasteiger partial charge is 0.226 e. The minimum atomic E-state index is 0.291. The van der Waals surface area contributed by atoms with E-state index in [1.807, 2.05) is 23.7 Å². The maximum atomic E-state index is 12.7. The predicted octanol–water partition coefficient (Wildman–Crippen LogP) is 2.28. The average molecular weight is 378 g/mol. The Morgan fingerprint density at radius 3 is 2.61 bits per heavy atom. The first-order chi connectivity index (χ1) is 13.7. The van der Waals surface area contributed by atoms with Gasteiger partial charge in [-0.2, -0.15) is 5.10 Å². The van der Waals surface area contributed by atoms with Crippen molar-refractivity contribution in [3.05, 3.63) is 30.4 Å². The third kappa shape index (κ3) is 2.43. The summed E-state index contributed by atoms with van der Waals surface area (Å²) in [4.78, 5) is 21.8. The molecule has 3 aromatic heterocycles. The molecule has 8 nitrogen and oxygen atoms in total. The van der Waals surface area contributed by atoms with Crippen molar-refractivity contribution in [2.45, 2.75) is 44.7 Å². The quantitative estimate of drug-likeness (QED) is 0.696. The van der Waals surface area contributed by atoms with E-state index in [4.69, 9.17) is 4.52 Å². The average Bonchev–Trinajstić information content (AvgIpc) is 3.22. The molecule has 1 amide bonds. The monoisotopic (exact) mass is 378 g/mol. The highest BCUT2D eigenvalue weighted by atomic mass is 16.5. The summed E-state index contributed by atoms with van der Waals surface area (Å²) in [6, 6.07) is 4.57. The number of amides is 1. The van der Waals surface area contributed by atoms with Crippen LogP contribution >= 0.6 is 0 Å². The Bertz CT molecular complexity index is 1050. The fourth-order valence-electron chi connectivity index (χ4n) is 4.77. The fraction of sp³-hybridized carbons (Fsp3) is 0.500. The van der Waals surface area contributed by atoms with E-state index < -0.39 is 0 Å². The van der Waals surface area contributed by atoms with Crippen LogP contribution in [0.5, 0.6) is 0 Å². The van der Waals surface area contributed by atoms with Crippen LogP contribution in [-0.4, -0.2) is 55.7 Å². The van der Waals surface area contributed by atoms with Crippen LogP contribution in [-0.2, 0) is 4.79 Å². The Labute approximate surface area is 162 Å². The van der Waals surface area contributed by atoms with Gasteiger partial charge in [0.25, 0.3) is 0 Å². The molecule has 3 aromatic rings. The first-order valence-electron chi connectivity index (χ1n) is 10.0. The van der Waals surface area contributed by atoms with Crippen molar-refractivity contribution >= 4 is 17.2 Å². The van der Waals surface area contributed by atoms with Crippen LogP contribution in [0.1, 0.15) is 31.4 Å². The van der Waals surface area contributed by atoms with Crippen LogP contribution in [0.25, 0.3) is 16.8 Å². The third-order valence-corrected chi connectivity index (χ3v) is 6.26. The number of piperazine rings is 1. The van der Waals surface area contributed by atoms with Gasteiger partial charge in [-0.15, -0.1) is 0 Å². The Balaban J connectivity index is 1.33. The second-order valence-electron chi connectivity index (χ2n) is 8.28. The van der Waals surface area contributed by atoms with E-state index in [9.17, 15) is 4.79 Å². The van der Waals surface area contributed by atoms with Gasteiger partial charge in [-0.3, -0.25) is 4.79 Å². The van der Waals surface area contributed by atoms with Crippen molar-refractivity contribution in [2.24, 2.45) is 5.92 Å². The normalized spacial score (nSPS) is 24.3.